The summed E-state index contributed by atoms with van der Waals surface area (Å²) in [6.07, 6.45) is 0. The first-order valence-electron chi connectivity index (χ1n) is 8.62. The van der Waals surface area contributed by atoms with Crippen LogP contribution in [0.25, 0.3) is 0 Å². The van der Waals surface area contributed by atoms with Crippen molar-refractivity contribution in [1.29, 1.82) is 0 Å². The topological polar surface area (TPSA) is 65.6 Å². The predicted molar refractivity (Wildman–Crippen MR) is 103 cm³/mol. The fourth-order valence-electron chi connectivity index (χ4n) is 2.91. The fourth-order valence-corrected chi connectivity index (χ4v) is 3.79. The zero-order chi connectivity index (χ0) is 18.7. The van der Waals surface area contributed by atoms with E-state index < -0.39 is 0 Å². The van der Waals surface area contributed by atoms with E-state index in [1.165, 1.54) is 17.3 Å². The number of carbonyl (C=O) groups is 1. The van der Waals surface area contributed by atoms with Crippen LogP contribution in [0.2, 0.25) is 0 Å². The first-order valence-corrected chi connectivity index (χ1v) is 9.60. The lowest BCUT2D eigenvalue weighted by molar-refractivity contribution is 0.102. The van der Waals surface area contributed by atoms with Gasteiger partial charge in [-0.05, 0) is 49.8 Å². The lowest BCUT2D eigenvalue weighted by Crippen LogP contribution is -2.09. The molecular weight excluding hydrogens is 346 g/mol. The third-order valence-corrected chi connectivity index (χ3v) is 5.28. The van der Waals surface area contributed by atoms with Crippen LogP contribution in [0.3, 0.4) is 0 Å². The molecule has 0 atom stereocenters. The van der Waals surface area contributed by atoms with Gasteiger partial charge in [0, 0.05) is 23.5 Å². The molecule has 136 valence electrons. The van der Waals surface area contributed by atoms with E-state index in [0.717, 1.165) is 23.5 Å². The molecule has 0 saturated carbocycles. The van der Waals surface area contributed by atoms with Gasteiger partial charge >= 0.3 is 0 Å². The van der Waals surface area contributed by atoms with Crippen LogP contribution in [0.15, 0.2) is 41.6 Å². The number of thioether (sulfide) groups is 1. The Morgan fingerprint density at radius 2 is 1.92 bits per heavy atom. The number of Topliss-reactive ketones (excluding diaryl/α,β-unsaturated/α-hetero) is 1. The summed E-state index contributed by atoms with van der Waals surface area (Å²) in [5.74, 6) is 0.420. The van der Waals surface area contributed by atoms with E-state index in [0.29, 0.717) is 10.9 Å². The van der Waals surface area contributed by atoms with Crippen LogP contribution in [0.4, 0.5) is 0 Å². The summed E-state index contributed by atoms with van der Waals surface area (Å²) in [6, 6.07) is 12.4. The molecule has 0 N–H and O–H groups in total. The Kier molecular flexibility index (Phi) is 5.56. The van der Waals surface area contributed by atoms with Crippen LogP contribution in [0.1, 0.15) is 47.2 Å². The summed E-state index contributed by atoms with van der Waals surface area (Å²) in [7, 11) is 0. The van der Waals surface area contributed by atoms with E-state index in [-0.39, 0.29) is 11.8 Å². The van der Waals surface area contributed by atoms with Crippen LogP contribution in [-0.4, -0.2) is 36.3 Å². The summed E-state index contributed by atoms with van der Waals surface area (Å²) in [6.45, 7) is 8.84. The number of hydrogen-bond donors (Lipinski definition) is 0. The molecule has 7 heteroatoms. The third kappa shape index (κ3) is 3.88. The standard InChI is InChI=1S/C19H23N5OS/c1-13(2)24-19(20-21-22-24)26-12-18(25)17-10-14(3)23(15(17)4)11-16-8-6-5-7-9-16/h5-10,13H,11-12H2,1-4H3. The molecule has 0 fully saturated rings. The molecule has 1 aromatic carbocycles. The molecule has 0 radical (unpaired) electrons. The highest BCUT2D eigenvalue weighted by atomic mass is 32.2. The van der Waals surface area contributed by atoms with Crippen LogP contribution >= 0.6 is 11.8 Å². The molecule has 0 saturated heterocycles. The highest BCUT2D eigenvalue weighted by molar-refractivity contribution is 7.99. The minimum Gasteiger partial charge on any atom is -0.344 e. The first-order chi connectivity index (χ1) is 12.5. The number of benzene rings is 1. The van der Waals surface area contributed by atoms with Gasteiger partial charge in [-0.3, -0.25) is 4.79 Å². The zero-order valence-corrected chi connectivity index (χ0v) is 16.3. The smallest absolute Gasteiger partial charge is 0.209 e. The predicted octanol–water partition coefficient (Wildman–Crippen LogP) is 3.70. The average Bonchev–Trinajstić information content (AvgIpc) is 3.21. The van der Waals surface area contributed by atoms with Gasteiger partial charge in [-0.2, -0.15) is 0 Å². The molecule has 0 spiro atoms. The molecule has 3 rings (SSSR count). The van der Waals surface area contributed by atoms with Gasteiger partial charge in [0.25, 0.3) is 0 Å². The highest BCUT2D eigenvalue weighted by Gasteiger charge is 2.18. The molecule has 0 bridgehead atoms. The normalized spacial score (nSPS) is 11.3. The molecule has 0 unspecified atom stereocenters. The first kappa shape index (κ1) is 18.4. The fraction of sp³-hybridized carbons (Fsp3) is 0.368. The number of aromatic nitrogens is 5. The molecule has 6 nitrogen and oxygen atoms in total. The van der Waals surface area contributed by atoms with Crippen LogP contribution in [0.5, 0.6) is 0 Å². The lowest BCUT2D eigenvalue weighted by Gasteiger charge is -2.10. The zero-order valence-electron chi connectivity index (χ0n) is 15.5. The van der Waals surface area contributed by atoms with Gasteiger partial charge in [0.05, 0.1) is 11.8 Å². The van der Waals surface area contributed by atoms with Gasteiger partial charge in [0.1, 0.15) is 0 Å². The number of carbonyl (C=O) groups excluding carboxylic acids is 1. The molecule has 2 aromatic heterocycles. The summed E-state index contributed by atoms with van der Waals surface area (Å²) in [5, 5.41) is 12.4. The molecule has 2 heterocycles. The number of nitrogens with zero attached hydrogens (tertiary/aromatic N) is 5. The van der Waals surface area contributed by atoms with Crippen molar-refractivity contribution in [3.63, 3.8) is 0 Å². The van der Waals surface area contributed by atoms with E-state index in [1.807, 2.05) is 52.0 Å². The largest absolute Gasteiger partial charge is 0.344 e. The van der Waals surface area contributed by atoms with E-state index in [4.69, 9.17) is 0 Å². The van der Waals surface area contributed by atoms with Gasteiger partial charge in [-0.15, -0.1) is 5.10 Å². The second-order valence-corrected chi connectivity index (χ2v) is 7.51. The van der Waals surface area contributed by atoms with Crippen molar-refractivity contribution in [1.82, 2.24) is 24.8 Å². The van der Waals surface area contributed by atoms with E-state index >= 15 is 0 Å². The van der Waals surface area contributed by atoms with Crippen LogP contribution in [0, 0.1) is 13.8 Å². The number of aryl methyl sites for hydroxylation is 1. The van der Waals surface area contributed by atoms with Gasteiger partial charge in [-0.1, -0.05) is 42.1 Å². The molecular formula is C19H23N5OS. The quantitative estimate of drug-likeness (QED) is 0.469. The number of tetrazole rings is 1. The molecule has 0 amide bonds. The lowest BCUT2D eigenvalue weighted by atomic mass is 10.2. The Hall–Kier alpha value is -2.41. The van der Waals surface area contributed by atoms with Crippen molar-refractivity contribution < 1.29 is 4.79 Å². The Labute approximate surface area is 157 Å². The maximum Gasteiger partial charge on any atom is 0.209 e. The van der Waals surface area contributed by atoms with Crippen molar-refractivity contribution >= 4 is 17.5 Å². The molecule has 0 aliphatic heterocycles. The Morgan fingerprint density at radius 1 is 1.19 bits per heavy atom. The highest BCUT2D eigenvalue weighted by Crippen LogP contribution is 2.22. The van der Waals surface area contributed by atoms with Gasteiger partial charge in [0.15, 0.2) is 5.78 Å². The van der Waals surface area contributed by atoms with E-state index in [9.17, 15) is 4.79 Å². The summed E-state index contributed by atoms with van der Waals surface area (Å²) in [5.41, 5.74) is 4.08. The number of hydrogen-bond acceptors (Lipinski definition) is 5. The summed E-state index contributed by atoms with van der Waals surface area (Å²) in [4.78, 5) is 12.7. The van der Waals surface area contributed by atoms with Gasteiger partial charge < -0.3 is 4.57 Å². The van der Waals surface area contributed by atoms with Crippen molar-refractivity contribution in [3.8, 4) is 0 Å². The minimum atomic E-state index is 0.0979. The van der Waals surface area contributed by atoms with Crippen LogP contribution < -0.4 is 0 Å². The molecule has 0 aliphatic rings. The van der Waals surface area contributed by atoms with Gasteiger partial charge in [-0.25, -0.2) is 4.68 Å². The molecule has 0 aliphatic carbocycles. The second-order valence-electron chi connectivity index (χ2n) is 6.57. The molecule has 3 aromatic rings. The maximum atomic E-state index is 12.7. The van der Waals surface area contributed by atoms with Crippen molar-refractivity contribution in [2.24, 2.45) is 0 Å². The number of ketones is 1. The minimum absolute atomic E-state index is 0.0979. The Bertz CT molecular complexity index is 898. The third-order valence-electron chi connectivity index (χ3n) is 4.34. The molecule has 26 heavy (non-hydrogen) atoms. The van der Waals surface area contributed by atoms with Crippen molar-refractivity contribution in [2.75, 3.05) is 5.75 Å². The van der Waals surface area contributed by atoms with Gasteiger partial charge in [0.2, 0.25) is 5.16 Å². The summed E-state index contributed by atoms with van der Waals surface area (Å²) >= 11 is 1.38. The Morgan fingerprint density at radius 3 is 2.62 bits per heavy atom. The van der Waals surface area contributed by atoms with E-state index in [1.54, 1.807) is 4.68 Å². The van der Waals surface area contributed by atoms with Crippen LogP contribution in [-0.2, 0) is 6.54 Å². The average molecular weight is 369 g/mol. The monoisotopic (exact) mass is 369 g/mol. The van der Waals surface area contributed by atoms with Crippen molar-refractivity contribution in [2.45, 2.75) is 45.4 Å². The van der Waals surface area contributed by atoms with Crippen molar-refractivity contribution in [3.05, 3.63) is 58.9 Å². The SMILES string of the molecule is Cc1cc(C(=O)CSc2nnnn2C(C)C)c(C)n1Cc1ccccc1. The Balaban J connectivity index is 1.74. The summed E-state index contributed by atoms with van der Waals surface area (Å²) < 4.78 is 3.92. The maximum absolute atomic E-state index is 12.7. The number of rotatable bonds is 7. The second kappa shape index (κ2) is 7.86. The van der Waals surface area contributed by atoms with E-state index in [2.05, 4.69) is 32.2 Å².